The molecule has 7 nitrogen and oxygen atoms in total. The Balaban J connectivity index is 1.66. The first-order chi connectivity index (χ1) is 9.83. The summed E-state index contributed by atoms with van der Waals surface area (Å²) in [5.41, 5.74) is 0.348. The van der Waals surface area contributed by atoms with Gasteiger partial charge in [-0.2, -0.15) is 15.4 Å². The first-order valence-electron chi connectivity index (χ1n) is 7.21. The van der Waals surface area contributed by atoms with Gasteiger partial charge in [0.2, 0.25) is 0 Å². The fourth-order valence-corrected chi connectivity index (χ4v) is 2.78. The van der Waals surface area contributed by atoms with Crippen molar-refractivity contribution in [3.8, 4) is 0 Å². The third-order valence-corrected chi connectivity index (χ3v) is 3.82. The van der Waals surface area contributed by atoms with Gasteiger partial charge in [-0.25, -0.2) is 0 Å². The zero-order chi connectivity index (χ0) is 13.8. The molecular formula is C13H20N4O3. The third kappa shape index (κ3) is 3.16. The maximum absolute atomic E-state index is 12.5. The van der Waals surface area contributed by atoms with Gasteiger partial charge in [0, 0.05) is 26.3 Å². The van der Waals surface area contributed by atoms with Crippen LogP contribution in [0.25, 0.3) is 0 Å². The van der Waals surface area contributed by atoms with Gasteiger partial charge in [-0.15, -0.1) is 0 Å². The lowest BCUT2D eigenvalue weighted by Crippen LogP contribution is -2.42. The van der Waals surface area contributed by atoms with Crippen molar-refractivity contribution in [2.45, 2.75) is 37.9 Å². The Labute approximate surface area is 117 Å². The van der Waals surface area contributed by atoms with Crippen LogP contribution in [0.15, 0.2) is 6.20 Å². The van der Waals surface area contributed by atoms with Crippen molar-refractivity contribution in [3.05, 3.63) is 11.9 Å². The van der Waals surface area contributed by atoms with Crippen LogP contribution in [-0.2, 0) is 9.47 Å². The van der Waals surface area contributed by atoms with Gasteiger partial charge in [0.05, 0.1) is 18.4 Å². The van der Waals surface area contributed by atoms with E-state index in [0.29, 0.717) is 18.8 Å². The predicted molar refractivity (Wildman–Crippen MR) is 70.2 cm³/mol. The van der Waals surface area contributed by atoms with Crippen LogP contribution in [-0.4, -0.2) is 64.7 Å². The number of rotatable bonds is 5. The summed E-state index contributed by atoms with van der Waals surface area (Å²) in [6.07, 6.45) is 5.87. The number of carbonyl (C=O) groups excluding carboxylic acids is 1. The van der Waals surface area contributed by atoms with Crippen LogP contribution in [0, 0.1) is 0 Å². The van der Waals surface area contributed by atoms with Crippen molar-refractivity contribution in [3.63, 3.8) is 0 Å². The molecule has 1 amide bonds. The van der Waals surface area contributed by atoms with Crippen LogP contribution >= 0.6 is 0 Å². The highest BCUT2D eigenvalue weighted by atomic mass is 16.5. The van der Waals surface area contributed by atoms with E-state index in [0.717, 1.165) is 38.9 Å². The molecule has 2 aliphatic rings. The molecule has 2 atom stereocenters. The number of aromatic nitrogens is 3. The number of ether oxygens (including phenoxy) is 2. The summed E-state index contributed by atoms with van der Waals surface area (Å²) in [4.78, 5) is 14.3. The Morgan fingerprint density at radius 1 is 1.25 bits per heavy atom. The van der Waals surface area contributed by atoms with Gasteiger partial charge in [0.15, 0.2) is 5.69 Å². The van der Waals surface area contributed by atoms with Crippen molar-refractivity contribution >= 4 is 5.91 Å². The maximum atomic E-state index is 12.5. The van der Waals surface area contributed by atoms with Crippen LogP contribution in [0.2, 0.25) is 0 Å². The van der Waals surface area contributed by atoms with Crippen LogP contribution in [0.3, 0.4) is 0 Å². The highest BCUT2D eigenvalue weighted by Crippen LogP contribution is 2.18. The second-order valence-electron chi connectivity index (χ2n) is 5.34. The van der Waals surface area contributed by atoms with Crippen LogP contribution in [0.5, 0.6) is 0 Å². The van der Waals surface area contributed by atoms with Gasteiger partial charge in [0.1, 0.15) is 0 Å². The summed E-state index contributed by atoms with van der Waals surface area (Å²) < 4.78 is 11.3. The molecule has 0 spiro atoms. The lowest BCUT2D eigenvalue weighted by atomic mass is 10.2. The average molecular weight is 280 g/mol. The standard InChI is InChI=1S/C13H20N4O3/c18-13(12-7-14-16-15-12)17(8-10-3-1-5-19-10)9-11-4-2-6-20-11/h7,10-11H,1-6,8-9H2,(H,14,15,16). The first-order valence-corrected chi connectivity index (χ1v) is 7.21. The second kappa shape index (κ2) is 6.32. The van der Waals surface area contributed by atoms with Crippen molar-refractivity contribution < 1.29 is 14.3 Å². The Bertz CT molecular complexity index is 407. The SMILES string of the molecule is O=C(c1cn[nH]n1)N(CC1CCCO1)CC1CCCO1. The molecule has 2 saturated heterocycles. The van der Waals surface area contributed by atoms with Gasteiger partial charge in [-0.3, -0.25) is 4.79 Å². The molecule has 0 saturated carbocycles. The van der Waals surface area contributed by atoms with Crippen molar-refractivity contribution in [1.29, 1.82) is 0 Å². The molecule has 0 aromatic carbocycles. The predicted octanol–water partition coefficient (Wildman–Crippen LogP) is 0.605. The highest BCUT2D eigenvalue weighted by Gasteiger charge is 2.28. The Morgan fingerprint density at radius 3 is 2.35 bits per heavy atom. The first kappa shape index (κ1) is 13.5. The molecule has 1 N–H and O–H groups in total. The van der Waals surface area contributed by atoms with E-state index in [1.807, 2.05) is 0 Å². The Hall–Kier alpha value is -1.47. The summed E-state index contributed by atoms with van der Waals surface area (Å²) in [7, 11) is 0. The average Bonchev–Trinajstić information content (AvgIpc) is 3.20. The molecule has 0 radical (unpaired) electrons. The van der Waals surface area contributed by atoms with Crippen molar-refractivity contribution in [2.24, 2.45) is 0 Å². The molecule has 0 bridgehead atoms. The molecule has 3 rings (SSSR count). The molecule has 3 heterocycles. The summed E-state index contributed by atoms with van der Waals surface area (Å²) in [5, 5.41) is 10.1. The lowest BCUT2D eigenvalue weighted by Gasteiger charge is -2.27. The number of H-pyrrole nitrogens is 1. The fourth-order valence-electron chi connectivity index (χ4n) is 2.78. The van der Waals surface area contributed by atoms with Gasteiger partial charge in [-0.05, 0) is 25.7 Å². The van der Waals surface area contributed by atoms with E-state index in [1.54, 1.807) is 4.90 Å². The molecule has 1 aromatic rings. The normalized spacial score (nSPS) is 26.0. The van der Waals surface area contributed by atoms with E-state index in [9.17, 15) is 4.79 Å². The summed E-state index contributed by atoms with van der Waals surface area (Å²) in [6, 6.07) is 0. The number of nitrogens with one attached hydrogen (secondary N) is 1. The largest absolute Gasteiger partial charge is 0.376 e. The van der Waals surface area contributed by atoms with E-state index in [2.05, 4.69) is 15.4 Å². The number of hydrogen-bond acceptors (Lipinski definition) is 5. The second-order valence-corrected chi connectivity index (χ2v) is 5.34. The van der Waals surface area contributed by atoms with Crippen LogP contribution in [0.1, 0.15) is 36.2 Å². The van der Waals surface area contributed by atoms with Gasteiger partial charge < -0.3 is 14.4 Å². The van der Waals surface area contributed by atoms with Gasteiger partial charge >= 0.3 is 0 Å². The lowest BCUT2D eigenvalue weighted by molar-refractivity contribution is 0.0304. The number of nitrogens with zero attached hydrogens (tertiary/aromatic N) is 3. The molecule has 110 valence electrons. The number of hydrogen-bond donors (Lipinski definition) is 1. The number of aromatic amines is 1. The molecule has 2 unspecified atom stereocenters. The van der Waals surface area contributed by atoms with Crippen LogP contribution < -0.4 is 0 Å². The van der Waals surface area contributed by atoms with E-state index < -0.39 is 0 Å². The van der Waals surface area contributed by atoms with Gasteiger partial charge in [0.25, 0.3) is 5.91 Å². The Morgan fingerprint density at radius 2 is 1.90 bits per heavy atom. The van der Waals surface area contributed by atoms with Crippen molar-refractivity contribution in [2.75, 3.05) is 26.3 Å². The van der Waals surface area contributed by atoms with E-state index in [1.165, 1.54) is 6.20 Å². The highest BCUT2D eigenvalue weighted by molar-refractivity contribution is 5.91. The quantitative estimate of drug-likeness (QED) is 0.854. The number of carbonyl (C=O) groups is 1. The van der Waals surface area contributed by atoms with E-state index in [4.69, 9.17) is 9.47 Å². The third-order valence-electron chi connectivity index (χ3n) is 3.82. The Kier molecular flexibility index (Phi) is 4.27. The molecule has 2 fully saturated rings. The summed E-state index contributed by atoms with van der Waals surface area (Å²) in [6.45, 7) is 2.78. The minimum atomic E-state index is -0.107. The minimum Gasteiger partial charge on any atom is -0.376 e. The molecule has 7 heteroatoms. The summed E-state index contributed by atoms with van der Waals surface area (Å²) >= 11 is 0. The number of amides is 1. The molecule has 0 aliphatic carbocycles. The molecule has 2 aliphatic heterocycles. The zero-order valence-corrected chi connectivity index (χ0v) is 11.5. The fraction of sp³-hybridized carbons (Fsp3) is 0.769. The molecular weight excluding hydrogens is 260 g/mol. The minimum absolute atomic E-state index is 0.107. The maximum Gasteiger partial charge on any atom is 0.276 e. The topological polar surface area (TPSA) is 80.3 Å². The van der Waals surface area contributed by atoms with Gasteiger partial charge in [-0.1, -0.05) is 0 Å². The molecule has 1 aromatic heterocycles. The summed E-state index contributed by atoms with van der Waals surface area (Å²) in [5.74, 6) is -0.107. The van der Waals surface area contributed by atoms with E-state index in [-0.39, 0.29) is 18.1 Å². The molecule has 20 heavy (non-hydrogen) atoms. The van der Waals surface area contributed by atoms with E-state index >= 15 is 0 Å². The monoisotopic (exact) mass is 280 g/mol. The van der Waals surface area contributed by atoms with Crippen LogP contribution in [0.4, 0.5) is 0 Å². The zero-order valence-electron chi connectivity index (χ0n) is 11.5. The smallest absolute Gasteiger partial charge is 0.276 e. The van der Waals surface area contributed by atoms with Crippen molar-refractivity contribution in [1.82, 2.24) is 20.3 Å².